The quantitative estimate of drug-likeness (QED) is 0.624. The van der Waals surface area contributed by atoms with Gasteiger partial charge in [0.15, 0.2) is 23.0 Å². The van der Waals surface area contributed by atoms with Crippen LogP contribution in [0.1, 0.15) is 16.8 Å². The molecule has 0 aliphatic carbocycles. The van der Waals surface area contributed by atoms with Crippen LogP contribution in [0, 0.1) is 5.92 Å². The molecule has 2 N–H and O–H groups in total. The first-order chi connectivity index (χ1) is 15.4. The number of ether oxygens (including phenoxy) is 4. The number of methoxy groups -OCH3 is 4. The van der Waals surface area contributed by atoms with Crippen molar-refractivity contribution in [2.75, 3.05) is 39.9 Å². The molecular weight excluding hydrogens is 418 g/mol. The standard InChI is InChI=1S/C22H25N3O7/c1-29-16-7-5-13(9-18(16)31-3)21(27)23-24-22(28)14-10-20(26)25(12-14)15-6-8-17(30-2)19(11-15)32-4/h5-9,11,14H,10,12H2,1-4H3,(H,23,27)(H,24,28). The molecule has 1 unspecified atom stereocenters. The smallest absolute Gasteiger partial charge is 0.269 e. The van der Waals surface area contributed by atoms with Crippen molar-refractivity contribution in [1.29, 1.82) is 0 Å². The van der Waals surface area contributed by atoms with Crippen LogP contribution in [0.3, 0.4) is 0 Å². The van der Waals surface area contributed by atoms with Gasteiger partial charge in [0.2, 0.25) is 11.8 Å². The summed E-state index contributed by atoms with van der Waals surface area (Å²) in [6.45, 7) is 0.173. The lowest BCUT2D eigenvalue weighted by molar-refractivity contribution is -0.126. The highest BCUT2D eigenvalue weighted by Crippen LogP contribution is 2.34. The molecule has 32 heavy (non-hydrogen) atoms. The Balaban J connectivity index is 1.62. The van der Waals surface area contributed by atoms with Crippen molar-refractivity contribution in [1.82, 2.24) is 10.9 Å². The van der Waals surface area contributed by atoms with Crippen molar-refractivity contribution in [3.05, 3.63) is 42.0 Å². The topological polar surface area (TPSA) is 115 Å². The molecule has 0 spiro atoms. The number of carbonyl (C=O) groups excluding carboxylic acids is 3. The van der Waals surface area contributed by atoms with Crippen molar-refractivity contribution < 1.29 is 33.3 Å². The number of hydrogen-bond acceptors (Lipinski definition) is 7. The van der Waals surface area contributed by atoms with Crippen molar-refractivity contribution in [2.45, 2.75) is 6.42 Å². The van der Waals surface area contributed by atoms with Gasteiger partial charge in [-0.2, -0.15) is 0 Å². The third-order valence-electron chi connectivity index (χ3n) is 5.12. The third-order valence-corrected chi connectivity index (χ3v) is 5.12. The van der Waals surface area contributed by atoms with E-state index >= 15 is 0 Å². The minimum atomic E-state index is -0.624. The fourth-order valence-electron chi connectivity index (χ4n) is 3.40. The van der Waals surface area contributed by atoms with Gasteiger partial charge in [0, 0.05) is 30.3 Å². The maximum absolute atomic E-state index is 12.6. The maximum Gasteiger partial charge on any atom is 0.269 e. The number of anilines is 1. The number of nitrogens with one attached hydrogen (secondary N) is 2. The molecule has 3 rings (SSSR count). The first kappa shape index (κ1) is 22.7. The summed E-state index contributed by atoms with van der Waals surface area (Å²) in [6, 6.07) is 9.72. The van der Waals surface area contributed by atoms with Crippen LogP contribution in [0.4, 0.5) is 5.69 Å². The number of amides is 3. The first-order valence-electron chi connectivity index (χ1n) is 9.76. The Bertz CT molecular complexity index is 1020. The second-order valence-electron chi connectivity index (χ2n) is 6.96. The Morgan fingerprint density at radius 2 is 1.44 bits per heavy atom. The van der Waals surface area contributed by atoms with Crippen molar-refractivity contribution in [3.8, 4) is 23.0 Å². The molecule has 0 bridgehead atoms. The van der Waals surface area contributed by atoms with Crippen LogP contribution < -0.4 is 34.7 Å². The van der Waals surface area contributed by atoms with Crippen LogP contribution in [0.25, 0.3) is 0 Å². The highest BCUT2D eigenvalue weighted by molar-refractivity contribution is 6.01. The van der Waals surface area contributed by atoms with Crippen molar-refractivity contribution >= 4 is 23.4 Å². The van der Waals surface area contributed by atoms with Crippen molar-refractivity contribution in [2.24, 2.45) is 5.92 Å². The van der Waals surface area contributed by atoms with E-state index in [1.807, 2.05) is 0 Å². The number of hydrazine groups is 1. The predicted octanol–water partition coefficient (Wildman–Crippen LogP) is 1.54. The average Bonchev–Trinajstić information content (AvgIpc) is 3.22. The second-order valence-corrected chi connectivity index (χ2v) is 6.96. The number of hydrogen-bond donors (Lipinski definition) is 2. The van der Waals surface area contributed by atoms with Gasteiger partial charge in [0.25, 0.3) is 5.91 Å². The van der Waals surface area contributed by atoms with Gasteiger partial charge in [-0.1, -0.05) is 0 Å². The molecule has 1 aliphatic heterocycles. The minimum absolute atomic E-state index is 0.0202. The monoisotopic (exact) mass is 443 g/mol. The third kappa shape index (κ3) is 4.69. The van der Waals surface area contributed by atoms with Gasteiger partial charge in [-0.15, -0.1) is 0 Å². The Labute approximate surface area is 185 Å². The van der Waals surface area contributed by atoms with Gasteiger partial charge in [-0.3, -0.25) is 25.2 Å². The summed E-state index contributed by atoms with van der Waals surface area (Å²) in [5.74, 6) is 0.0644. The zero-order valence-electron chi connectivity index (χ0n) is 18.3. The van der Waals surface area contributed by atoms with Gasteiger partial charge in [-0.05, 0) is 30.3 Å². The molecule has 10 heteroatoms. The van der Waals surface area contributed by atoms with E-state index in [2.05, 4.69) is 10.9 Å². The van der Waals surface area contributed by atoms with Gasteiger partial charge >= 0.3 is 0 Å². The Kier molecular flexibility index (Phi) is 7.04. The van der Waals surface area contributed by atoms with Gasteiger partial charge in [0.1, 0.15) is 0 Å². The van der Waals surface area contributed by atoms with E-state index in [0.29, 0.717) is 28.7 Å². The average molecular weight is 443 g/mol. The molecule has 1 aliphatic rings. The van der Waals surface area contributed by atoms with E-state index in [1.165, 1.54) is 39.4 Å². The molecule has 1 heterocycles. The summed E-state index contributed by atoms with van der Waals surface area (Å²) in [6.07, 6.45) is 0.0202. The first-order valence-corrected chi connectivity index (χ1v) is 9.76. The van der Waals surface area contributed by atoms with Crippen LogP contribution in [0.5, 0.6) is 23.0 Å². The molecular formula is C22H25N3O7. The Morgan fingerprint density at radius 1 is 0.844 bits per heavy atom. The summed E-state index contributed by atoms with van der Waals surface area (Å²) >= 11 is 0. The molecule has 0 saturated carbocycles. The van der Waals surface area contributed by atoms with E-state index in [1.54, 1.807) is 30.3 Å². The number of nitrogens with zero attached hydrogens (tertiary/aromatic N) is 1. The normalized spacial score (nSPS) is 15.2. The fraction of sp³-hybridized carbons (Fsp3) is 0.318. The highest BCUT2D eigenvalue weighted by Gasteiger charge is 2.35. The molecule has 0 aromatic heterocycles. The summed E-state index contributed by atoms with van der Waals surface area (Å²) in [7, 11) is 5.98. The van der Waals surface area contributed by atoms with E-state index < -0.39 is 17.7 Å². The van der Waals surface area contributed by atoms with Crippen LogP contribution in [-0.2, 0) is 9.59 Å². The molecule has 1 atom stereocenters. The minimum Gasteiger partial charge on any atom is -0.493 e. The number of carbonyl (C=O) groups is 3. The lowest BCUT2D eigenvalue weighted by Gasteiger charge is -2.18. The zero-order valence-corrected chi connectivity index (χ0v) is 18.3. The molecule has 2 aromatic carbocycles. The Hall–Kier alpha value is -3.95. The van der Waals surface area contributed by atoms with Crippen LogP contribution in [0.15, 0.2) is 36.4 Å². The highest BCUT2D eigenvalue weighted by atomic mass is 16.5. The predicted molar refractivity (Wildman–Crippen MR) is 115 cm³/mol. The summed E-state index contributed by atoms with van der Waals surface area (Å²) in [5.41, 5.74) is 5.62. The van der Waals surface area contributed by atoms with E-state index in [4.69, 9.17) is 18.9 Å². The van der Waals surface area contributed by atoms with E-state index in [0.717, 1.165) is 0 Å². The molecule has 1 fully saturated rings. The fourth-order valence-corrected chi connectivity index (χ4v) is 3.40. The maximum atomic E-state index is 12.6. The summed E-state index contributed by atoms with van der Waals surface area (Å²) in [5, 5.41) is 0. The second kappa shape index (κ2) is 9.90. The molecule has 0 radical (unpaired) electrons. The van der Waals surface area contributed by atoms with Crippen LogP contribution in [-0.4, -0.2) is 52.7 Å². The number of rotatable bonds is 7. The molecule has 1 saturated heterocycles. The van der Waals surface area contributed by atoms with Crippen molar-refractivity contribution in [3.63, 3.8) is 0 Å². The van der Waals surface area contributed by atoms with Crippen LogP contribution >= 0.6 is 0 Å². The van der Waals surface area contributed by atoms with Gasteiger partial charge in [0.05, 0.1) is 34.4 Å². The van der Waals surface area contributed by atoms with E-state index in [-0.39, 0.29) is 24.4 Å². The summed E-state index contributed by atoms with van der Waals surface area (Å²) in [4.78, 5) is 38.9. The molecule has 2 aromatic rings. The lowest BCUT2D eigenvalue weighted by atomic mass is 10.1. The Morgan fingerprint density at radius 3 is 2.06 bits per heavy atom. The SMILES string of the molecule is COc1ccc(C(=O)NNC(=O)C2CC(=O)N(c3ccc(OC)c(OC)c3)C2)cc1OC. The largest absolute Gasteiger partial charge is 0.493 e. The molecule has 170 valence electrons. The zero-order chi connectivity index (χ0) is 23.3. The molecule has 3 amide bonds. The number of benzene rings is 2. The van der Waals surface area contributed by atoms with Crippen LogP contribution in [0.2, 0.25) is 0 Å². The van der Waals surface area contributed by atoms with Gasteiger partial charge < -0.3 is 23.8 Å². The molecule has 10 nitrogen and oxygen atoms in total. The summed E-state index contributed by atoms with van der Waals surface area (Å²) < 4.78 is 20.8. The van der Waals surface area contributed by atoms with Gasteiger partial charge in [-0.25, -0.2) is 0 Å². The van der Waals surface area contributed by atoms with E-state index in [9.17, 15) is 14.4 Å². The lowest BCUT2D eigenvalue weighted by Crippen LogP contribution is -2.45.